The van der Waals surface area contributed by atoms with Crippen LogP contribution in [0.1, 0.15) is 0 Å². The van der Waals surface area contributed by atoms with E-state index in [1.54, 1.807) is 0 Å². The summed E-state index contributed by atoms with van der Waals surface area (Å²) in [6.07, 6.45) is 0. The van der Waals surface area contributed by atoms with Gasteiger partial charge in [0.1, 0.15) is 5.75 Å². The van der Waals surface area contributed by atoms with Gasteiger partial charge in [0, 0.05) is 53.9 Å². The standard InChI is InChI=1S/C18H25N3O/c1-19(2)14-12-15(22)16(13-10-8-7-9-11-13)18(21(5)6)17(14)20(3)4/h7-12,22H,1-6H3. The molecule has 0 aromatic heterocycles. The van der Waals surface area contributed by atoms with Crippen molar-refractivity contribution in [3.05, 3.63) is 36.4 Å². The van der Waals surface area contributed by atoms with E-state index < -0.39 is 0 Å². The monoisotopic (exact) mass is 299 g/mol. The molecule has 0 atom stereocenters. The minimum Gasteiger partial charge on any atom is -0.507 e. The number of hydrogen-bond acceptors (Lipinski definition) is 4. The zero-order chi connectivity index (χ0) is 16.4. The highest BCUT2D eigenvalue weighted by Gasteiger charge is 2.22. The van der Waals surface area contributed by atoms with Crippen LogP contribution in [-0.2, 0) is 0 Å². The fourth-order valence-corrected chi connectivity index (χ4v) is 2.74. The minimum absolute atomic E-state index is 0.296. The van der Waals surface area contributed by atoms with Crippen molar-refractivity contribution in [1.82, 2.24) is 0 Å². The van der Waals surface area contributed by atoms with Crippen LogP contribution in [-0.4, -0.2) is 47.4 Å². The number of benzene rings is 2. The van der Waals surface area contributed by atoms with Gasteiger partial charge >= 0.3 is 0 Å². The van der Waals surface area contributed by atoms with Gasteiger partial charge in [0.05, 0.1) is 17.1 Å². The summed E-state index contributed by atoms with van der Waals surface area (Å²) in [5.41, 5.74) is 4.97. The molecule has 0 aliphatic carbocycles. The number of nitrogens with zero attached hydrogens (tertiary/aromatic N) is 3. The van der Waals surface area contributed by atoms with Crippen LogP contribution in [0.15, 0.2) is 36.4 Å². The largest absolute Gasteiger partial charge is 0.507 e. The van der Waals surface area contributed by atoms with Crippen LogP contribution in [0.2, 0.25) is 0 Å². The third kappa shape index (κ3) is 2.82. The lowest BCUT2D eigenvalue weighted by atomic mass is 9.98. The van der Waals surface area contributed by atoms with Crippen molar-refractivity contribution in [2.45, 2.75) is 0 Å². The molecule has 0 amide bonds. The molecule has 2 aromatic rings. The summed E-state index contributed by atoms with van der Waals surface area (Å²) in [7, 11) is 12.1. The molecule has 0 spiro atoms. The molecule has 0 heterocycles. The lowest BCUT2D eigenvalue weighted by Crippen LogP contribution is -2.22. The van der Waals surface area contributed by atoms with Crippen molar-refractivity contribution < 1.29 is 5.11 Å². The van der Waals surface area contributed by atoms with Crippen LogP contribution in [0.25, 0.3) is 11.1 Å². The molecule has 0 bridgehead atoms. The first-order chi connectivity index (χ1) is 10.3. The summed E-state index contributed by atoms with van der Waals surface area (Å²) in [6, 6.07) is 11.8. The molecule has 0 unspecified atom stereocenters. The molecule has 0 fully saturated rings. The number of rotatable bonds is 4. The maximum atomic E-state index is 10.7. The van der Waals surface area contributed by atoms with Gasteiger partial charge in [-0.2, -0.15) is 0 Å². The molecule has 4 heteroatoms. The highest BCUT2D eigenvalue weighted by molar-refractivity contribution is 5.98. The van der Waals surface area contributed by atoms with Gasteiger partial charge in [0.25, 0.3) is 0 Å². The van der Waals surface area contributed by atoms with E-state index in [9.17, 15) is 5.11 Å². The van der Waals surface area contributed by atoms with Gasteiger partial charge < -0.3 is 19.8 Å². The van der Waals surface area contributed by atoms with E-state index >= 15 is 0 Å². The number of phenolic OH excluding ortho intramolecular Hbond substituents is 1. The Balaban J connectivity index is 2.87. The number of aromatic hydroxyl groups is 1. The quantitative estimate of drug-likeness (QED) is 0.938. The van der Waals surface area contributed by atoms with Gasteiger partial charge in [-0.1, -0.05) is 30.3 Å². The van der Waals surface area contributed by atoms with Crippen LogP contribution >= 0.6 is 0 Å². The van der Waals surface area contributed by atoms with E-state index in [4.69, 9.17) is 0 Å². The topological polar surface area (TPSA) is 30.0 Å². The summed E-state index contributed by atoms with van der Waals surface area (Å²) < 4.78 is 0. The van der Waals surface area contributed by atoms with Crippen molar-refractivity contribution in [3.63, 3.8) is 0 Å². The van der Waals surface area contributed by atoms with Crippen molar-refractivity contribution in [3.8, 4) is 16.9 Å². The van der Waals surface area contributed by atoms with Crippen LogP contribution in [0.4, 0.5) is 17.1 Å². The maximum Gasteiger partial charge on any atom is 0.127 e. The molecule has 0 saturated heterocycles. The second-order valence-corrected chi connectivity index (χ2v) is 6.04. The van der Waals surface area contributed by atoms with Crippen molar-refractivity contribution in [1.29, 1.82) is 0 Å². The van der Waals surface area contributed by atoms with Gasteiger partial charge in [-0.25, -0.2) is 0 Å². The second kappa shape index (κ2) is 6.18. The van der Waals surface area contributed by atoms with Crippen LogP contribution in [0.3, 0.4) is 0 Å². The Morgan fingerprint density at radius 1 is 0.727 bits per heavy atom. The SMILES string of the molecule is CN(C)c1cc(O)c(-c2ccccc2)c(N(C)C)c1N(C)C. The molecule has 0 aliphatic heterocycles. The Bertz CT molecular complexity index is 649. The smallest absolute Gasteiger partial charge is 0.127 e. The van der Waals surface area contributed by atoms with Crippen LogP contribution in [0.5, 0.6) is 5.75 Å². The Morgan fingerprint density at radius 2 is 1.27 bits per heavy atom. The summed E-state index contributed by atoms with van der Waals surface area (Å²) in [6.45, 7) is 0. The Hall–Kier alpha value is -2.36. The van der Waals surface area contributed by atoms with Crippen molar-refractivity contribution >= 4 is 17.1 Å². The van der Waals surface area contributed by atoms with E-state index in [0.717, 1.165) is 28.2 Å². The highest BCUT2D eigenvalue weighted by Crippen LogP contribution is 2.48. The molecule has 0 radical (unpaired) electrons. The molecular formula is C18H25N3O. The predicted octanol–water partition coefficient (Wildman–Crippen LogP) is 3.26. The lowest BCUT2D eigenvalue weighted by Gasteiger charge is -2.31. The van der Waals surface area contributed by atoms with E-state index in [1.807, 2.05) is 83.6 Å². The number of anilines is 3. The molecule has 0 saturated carbocycles. The second-order valence-electron chi connectivity index (χ2n) is 6.04. The number of phenols is 1. The van der Waals surface area contributed by atoms with Gasteiger partial charge in [-0.15, -0.1) is 0 Å². The van der Waals surface area contributed by atoms with Crippen molar-refractivity contribution in [2.75, 3.05) is 57.0 Å². The molecule has 118 valence electrons. The number of hydrogen-bond donors (Lipinski definition) is 1. The van der Waals surface area contributed by atoms with E-state index in [-0.39, 0.29) is 0 Å². The normalized spacial score (nSPS) is 10.5. The average Bonchev–Trinajstić information content (AvgIpc) is 2.46. The van der Waals surface area contributed by atoms with Gasteiger partial charge in [-0.3, -0.25) is 0 Å². The van der Waals surface area contributed by atoms with Gasteiger partial charge in [0.2, 0.25) is 0 Å². The Labute approximate surface area is 133 Å². The first-order valence-electron chi connectivity index (χ1n) is 7.32. The van der Waals surface area contributed by atoms with Crippen LogP contribution < -0.4 is 14.7 Å². The highest BCUT2D eigenvalue weighted by atomic mass is 16.3. The van der Waals surface area contributed by atoms with Gasteiger partial charge in [-0.05, 0) is 5.56 Å². The molecule has 1 N–H and O–H groups in total. The first-order valence-corrected chi connectivity index (χ1v) is 7.32. The molecule has 2 aromatic carbocycles. The van der Waals surface area contributed by atoms with E-state index in [0.29, 0.717) is 5.75 Å². The Kier molecular flexibility index (Phi) is 4.50. The predicted molar refractivity (Wildman–Crippen MR) is 96.5 cm³/mol. The van der Waals surface area contributed by atoms with Gasteiger partial charge in [0.15, 0.2) is 0 Å². The summed E-state index contributed by atoms with van der Waals surface area (Å²) in [5.74, 6) is 0.296. The van der Waals surface area contributed by atoms with E-state index in [2.05, 4.69) is 9.80 Å². The summed E-state index contributed by atoms with van der Waals surface area (Å²) >= 11 is 0. The fourth-order valence-electron chi connectivity index (χ4n) is 2.74. The van der Waals surface area contributed by atoms with Crippen LogP contribution in [0, 0.1) is 0 Å². The minimum atomic E-state index is 0.296. The molecule has 2 rings (SSSR count). The summed E-state index contributed by atoms with van der Waals surface area (Å²) in [5, 5.41) is 10.7. The third-order valence-corrected chi connectivity index (χ3v) is 3.67. The zero-order valence-electron chi connectivity index (χ0n) is 14.3. The summed E-state index contributed by atoms with van der Waals surface area (Å²) in [4.78, 5) is 6.18. The molecule has 0 aliphatic rings. The average molecular weight is 299 g/mol. The Morgan fingerprint density at radius 3 is 1.73 bits per heavy atom. The third-order valence-electron chi connectivity index (χ3n) is 3.67. The lowest BCUT2D eigenvalue weighted by molar-refractivity contribution is 0.477. The first kappa shape index (κ1) is 16.0. The zero-order valence-corrected chi connectivity index (χ0v) is 14.3. The van der Waals surface area contributed by atoms with E-state index in [1.165, 1.54) is 0 Å². The van der Waals surface area contributed by atoms with Crippen molar-refractivity contribution in [2.24, 2.45) is 0 Å². The molecule has 22 heavy (non-hydrogen) atoms. The fraction of sp³-hybridized carbons (Fsp3) is 0.333. The maximum absolute atomic E-state index is 10.7. The molecular weight excluding hydrogens is 274 g/mol. The molecule has 4 nitrogen and oxygen atoms in total.